The van der Waals surface area contributed by atoms with E-state index in [-0.39, 0.29) is 35.9 Å². The van der Waals surface area contributed by atoms with E-state index in [0.29, 0.717) is 0 Å². The van der Waals surface area contributed by atoms with E-state index >= 15 is 0 Å². The number of hydrogen-bond acceptors (Lipinski definition) is 4. The third-order valence-electron chi connectivity index (χ3n) is 1.64. The van der Waals surface area contributed by atoms with Gasteiger partial charge in [-0.3, -0.25) is 4.79 Å². The molecule has 0 aliphatic heterocycles. The zero-order chi connectivity index (χ0) is 9.84. The first-order valence-electron chi connectivity index (χ1n) is 3.81. The van der Waals surface area contributed by atoms with Gasteiger partial charge in [0.1, 0.15) is 0 Å². The first-order chi connectivity index (χ1) is 6.15. The molecule has 3 N–H and O–H groups in total. The Hall–Kier alpha value is -1.55. The van der Waals surface area contributed by atoms with Crippen LogP contribution in [0.2, 0.25) is 0 Å². The van der Waals surface area contributed by atoms with Gasteiger partial charge in [0, 0.05) is 12.0 Å². The van der Waals surface area contributed by atoms with Gasteiger partial charge in [-0.25, -0.2) is 0 Å². The minimum Gasteiger partial charge on any atom is -0.504 e. The first-order valence-corrected chi connectivity index (χ1v) is 3.81. The second-order valence-corrected chi connectivity index (χ2v) is 2.60. The molecule has 0 amide bonds. The third-order valence-corrected chi connectivity index (χ3v) is 1.64. The summed E-state index contributed by atoms with van der Waals surface area (Å²) in [4.78, 5) is 11.2. The topological polar surface area (TPSA) is 77.8 Å². The Labute approximate surface area is 75.1 Å². The zero-order valence-corrected chi connectivity index (χ0v) is 6.90. The van der Waals surface area contributed by atoms with Crippen LogP contribution >= 0.6 is 0 Å². The van der Waals surface area contributed by atoms with Crippen LogP contribution in [-0.2, 0) is 0 Å². The van der Waals surface area contributed by atoms with Crippen LogP contribution in [0, 0.1) is 0 Å². The Balaban J connectivity index is 2.90. The smallest absolute Gasteiger partial charge is 0.165 e. The Morgan fingerprint density at radius 2 is 1.92 bits per heavy atom. The maximum absolute atomic E-state index is 11.2. The van der Waals surface area contributed by atoms with Gasteiger partial charge in [-0.1, -0.05) is 0 Å². The molecule has 0 bridgehead atoms. The summed E-state index contributed by atoms with van der Waals surface area (Å²) in [5.74, 6) is -0.859. The summed E-state index contributed by atoms with van der Waals surface area (Å²) in [6.45, 7) is -0.222. The lowest BCUT2D eigenvalue weighted by Crippen LogP contribution is -2.01. The quantitative estimate of drug-likeness (QED) is 0.474. The number of Topliss-reactive ketones (excluding diaryl/α,β-unsaturated/α-hetero) is 1. The number of carbonyl (C=O) groups is 1. The maximum atomic E-state index is 11.2. The lowest BCUT2D eigenvalue weighted by Gasteiger charge is -2.01. The Morgan fingerprint density at radius 1 is 1.23 bits per heavy atom. The van der Waals surface area contributed by atoms with E-state index in [1.165, 1.54) is 18.2 Å². The molecule has 1 aromatic carbocycles. The van der Waals surface area contributed by atoms with E-state index in [4.69, 9.17) is 15.3 Å². The van der Waals surface area contributed by atoms with Gasteiger partial charge in [0.25, 0.3) is 0 Å². The van der Waals surface area contributed by atoms with Crippen LogP contribution in [0.4, 0.5) is 0 Å². The molecule has 4 nitrogen and oxygen atoms in total. The van der Waals surface area contributed by atoms with Gasteiger partial charge in [-0.15, -0.1) is 0 Å². The fraction of sp³-hybridized carbons (Fsp3) is 0.222. The van der Waals surface area contributed by atoms with Crippen LogP contribution in [-0.4, -0.2) is 27.7 Å². The van der Waals surface area contributed by atoms with Crippen molar-refractivity contribution in [1.82, 2.24) is 0 Å². The van der Waals surface area contributed by atoms with E-state index in [9.17, 15) is 4.79 Å². The fourth-order valence-corrected chi connectivity index (χ4v) is 0.943. The predicted octanol–water partition coefficient (Wildman–Crippen LogP) is 0.663. The van der Waals surface area contributed by atoms with E-state index in [0.717, 1.165) is 0 Å². The molecule has 0 fully saturated rings. The Morgan fingerprint density at radius 3 is 2.46 bits per heavy atom. The molecule has 0 unspecified atom stereocenters. The van der Waals surface area contributed by atoms with Crippen molar-refractivity contribution in [2.24, 2.45) is 0 Å². The average Bonchev–Trinajstić information content (AvgIpc) is 2.10. The number of hydrogen-bond donors (Lipinski definition) is 3. The van der Waals surface area contributed by atoms with Crippen molar-refractivity contribution in [1.29, 1.82) is 0 Å². The maximum Gasteiger partial charge on any atom is 0.165 e. The van der Waals surface area contributed by atoms with Gasteiger partial charge >= 0.3 is 0 Å². The van der Waals surface area contributed by atoms with Gasteiger partial charge in [0.2, 0.25) is 0 Å². The summed E-state index contributed by atoms with van der Waals surface area (Å²) in [7, 11) is 0. The average molecular weight is 182 g/mol. The number of rotatable bonds is 3. The highest BCUT2D eigenvalue weighted by Crippen LogP contribution is 2.25. The Kier molecular flexibility index (Phi) is 2.87. The molecule has 0 aromatic heterocycles. The molecule has 0 saturated carbocycles. The van der Waals surface area contributed by atoms with E-state index in [1.54, 1.807) is 0 Å². The molecule has 0 atom stereocenters. The Bertz CT molecular complexity index is 319. The first kappa shape index (κ1) is 9.54. The lowest BCUT2D eigenvalue weighted by molar-refractivity contribution is 0.0956. The molecular formula is C9H10O4. The van der Waals surface area contributed by atoms with E-state index in [1.807, 2.05) is 0 Å². The van der Waals surface area contributed by atoms with Crippen LogP contribution in [0.1, 0.15) is 16.8 Å². The summed E-state index contributed by atoms with van der Waals surface area (Å²) >= 11 is 0. The summed E-state index contributed by atoms with van der Waals surface area (Å²) in [6.07, 6.45) is 0.0181. The largest absolute Gasteiger partial charge is 0.504 e. The summed E-state index contributed by atoms with van der Waals surface area (Å²) in [5.41, 5.74) is 0.282. The summed E-state index contributed by atoms with van der Waals surface area (Å²) < 4.78 is 0. The molecule has 0 saturated heterocycles. The molecule has 70 valence electrons. The summed E-state index contributed by atoms with van der Waals surface area (Å²) in [6, 6.07) is 3.81. The van der Waals surface area contributed by atoms with Crippen molar-refractivity contribution in [2.45, 2.75) is 6.42 Å². The van der Waals surface area contributed by atoms with Crippen LogP contribution in [0.25, 0.3) is 0 Å². The minimum absolute atomic E-state index is 0.0181. The molecular weight excluding hydrogens is 172 g/mol. The van der Waals surface area contributed by atoms with Crippen molar-refractivity contribution in [3.63, 3.8) is 0 Å². The second-order valence-electron chi connectivity index (χ2n) is 2.60. The standard InChI is InChI=1S/C9H10O4/c10-4-3-7(11)6-1-2-8(12)9(13)5-6/h1-2,5,10,12-13H,3-4H2. The zero-order valence-electron chi connectivity index (χ0n) is 6.90. The third kappa shape index (κ3) is 2.19. The van der Waals surface area contributed by atoms with Gasteiger partial charge in [0.05, 0.1) is 6.61 Å². The molecule has 0 aliphatic carbocycles. The number of aliphatic hydroxyl groups is 1. The summed E-state index contributed by atoms with van der Waals surface area (Å²) in [5, 5.41) is 26.5. The van der Waals surface area contributed by atoms with Crippen molar-refractivity contribution in [2.75, 3.05) is 6.61 Å². The predicted molar refractivity (Wildman–Crippen MR) is 45.8 cm³/mol. The normalized spacial score (nSPS) is 9.92. The van der Waals surface area contributed by atoms with Crippen molar-refractivity contribution in [3.05, 3.63) is 23.8 Å². The van der Waals surface area contributed by atoms with E-state index in [2.05, 4.69) is 0 Å². The highest BCUT2D eigenvalue weighted by Gasteiger charge is 2.07. The molecule has 0 heterocycles. The number of benzene rings is 1. The molecule has 1 rings (SSSR count). The van der Waals surface area contributed by atoms with Crippen molar-refractivity contribution >= 4 is 5.78 Å². The van der Waals surface area contributed by atoms with E-state index < -0.39 is 0 Å². The molecule has 1 aromatic rings. The monoisotopic (exact) mass is 182 g/mol. The SMILES string of the molecule is O=C(CCO)c1ccc(O)c(O)c1. The second kappa shape index (κ2) is 3.91. The van der Waals surface area contributed by atoms with Crippen LogP contribution < -0.4 is 0 Å². The number of aromatic hydroxyl groups is 2. The van der Waals surface area contributed by atoms with Gasteiger partial charge in [-0.05, 0) is 18.2 Å². The number of ketones is 1. The molecule has 0 aliphatic rings. The molecule has 13 heavy (non-hydrogen) atoms. The number of phenolic OH excluding ortho intramolecular Hbond substituents is 2. The highest BCUT2D eigenvalue weighted by molar-refractivity contribution is 5.96. The van der Waals surface area contributed by atoms with Crippen LogP contribution in [0.15, 0.2) is 18.2 Å². The van der Waals surface area contributed by atoms with Crippen LogP contribution in [0.5, 0.6) is 11.5 Å². The highest BCUT2D eigenvalue weighted by atomic mass is 16.3. The van der Waals surface area contributed by atoms with Gasteiger partial charge < -0.3 is 15.3 Å². The van der Waals surface area contributed by atoms with Gasteiger partial charge in [-0.2, -0.15) is 0 Å². The van der Waals surface area contributed by atoms with Crippen molar-refractivity contribution in [3.8, 4) is 11.5 Å². The van der Waals surface area contributed by atoms with Gasteiger partial charge in [0.15, 0.2) is 17.3 Å². The minimum atomic E-state index is -0.330. The van der Waals surface area contributed by atoms with Crippen molar-refractivity contribution < 1.29 is 20.1 Å². The van der Waals surface area contributed by atoms with Crippen LogP contribution in [0.3, 0.4) is 0 Å². The fourth-order valence-electron chi connectivity index (χ4n) is 0.943. The molecule has 0 radical (unpaired) electrons. The number of carbonyl (C=O) groups excluding carboxylic acids is 1. The molecule has 4 heteroatoms. The number of aliphatic hydroxyl groups excluding tert-OH is 1. The number of phenols is 2. The molecule has 0 spiro atoms. The lowest BCUT2D eigenvalue weighted by atomic mass is 10.1.